The van der Waals surface area contributed by atoms with Gasteiger partial charge in [0.1, 0.15) is 0 Å². The maximum Gasteiger partial charge on any atom is 0.240 e. The van der Waals surface area contributed by atoms with E-state index in [9.17, 15) is 13.2 Å². The van der Waals surface area contributed by atoms with E-state index in [4.69, 9.17) is 0 Å². The Morgan fingerprint density at radius 3 is 2.50 bits per heavy atom. The summed E-state index contributed by atoms with van der Waals surface area (Å²) in [7, 11) is -3.45. The number of nitrogens with one attached hydrogen (secondary N) is 2. The molecule has 1 aromatic carbocycles. The summed E-state index contributed by atoms with van der Waals surface area (Å²) in [5, 5.41) is 2.70. The van der Waals surface area contributed by atoms with E-state index in [1.54, 1.807) is 30.3 Å². The van der Waals surface area contributed by atoms with Crippen molar-refractivity contribution in [2.24, 2.45) is 0 Å². The van der Waals surface area contributed by atoms with Crippen LogP contribution >= 0.6 is 15.9 Å². The zero-order chi connectivity index (χ0) is 16.4. The molecule has 0 aliphatic rings. The number of sulfonamides is 1. The minimum absolute atomic E-state index is 0.00431. The second-order valence-electron chi connectivity index (χ2n) is 4.76. The van der Waals surface area contributed by atoms with Crippen molar-refractivity contribution in [1.29, 1.82) is 0 Å². The average Bonchev–Trinajstić information content (AvgIpc) is 2.49. The zero-order valence-corrected chi connectivity index (χ0v) is 14.7. The highest BCUT2D eigenvalue weighted by Crippen LogP contribution is 2.14. The highest BCUT2D eigenvalue weighted by molar-refractivity contribution is 9.10. The Kier molecular flexibility index (Phi) is 8.37. The van der Waals surface area contributed by atoms with Gasteiger partial charge in [-0.25, -0.2) is 13.1 Å². The van der Waals surface area contributed by atoms with Gasteiger partial charge in [-0.2, -0.15) is 0 Å². The van der Waals surface area contributed by atoms with E-state index in [0.29, 0.717) is 25.9 Å². The molecule has 0 spiro atoms. The van der Waals surface area contributed by atoms with Crippen molar-refractivity contribution in [3.63, 3.8) is 0 Å². The molecule has 0 bridgehead atoms. The lowest BCUT2D eigenvalue weighted by molar-refractivity contribution is -0.121. The Morgan fingerprint density at radius 2 is 1.86 bits per heavy atom. The fraction of sp³-hybridized carbons (Fsp3) is 0.400. The number of hydrogen-bond donors (Lipinski definition) is 2. The number of carbonyl (C=O) groups excluding carboxylic acids is 1. The Hall–Kier alpha value is -1.18. The standard InChI is InChI=1S/C15H21BrN2O3S/c1-2-11-17-15(19)6-4-3-5-12-18-22(20,21)14-9-7-13(16)8-10-14/h2,7-10,18H,1,3-6,11-12H2,(H,17,19). The third-order valence-electron chi connectivity index (χ3n) is 2.94. The lowest BCUT2D eigenvalue weighted by Gasteiger charge is -2.07. The molecular formula is C15H21BrN2O3S. The predicted octanol–water partition coefficient (Wildman–Crippen LogP) is 2.59. The number of halogens is 1. The van der Waals surface area contributed by atoms with E-state index in [2.05, 4.69) is 32.5 Å². The van der Waals surface area contributed by atoms with Gasteiger partial charge >= 0.3 is 0 Å². The molecule has 1 rings (SSSR count). The van der Waals surface area contributed by atoms with Gasteiger partial charge < -0.3 is 5.32 Å². The molecule has 1 amide bonds. The summed E-state index contributed by atoms with van der Waals surface area (Å²) >= 11 is 3.27. The zero-order valence-electron chi connectivity index (χ0n) is 12.3. The number of carbonyl (C=O) groups is 1. The van der Waals surface area contributed by atoms with Crippen LogP contribution in [0.3, 0.4) is 0 Å². The monoisotopic (exact) mass is 388 g/mol. The number of unbranched alkanes of at least 4 members (excludes halogenated alkanes) is 2. The summed E-state index contributed by atoms with van der Waals surface area (Å²) in [5.74, 6) is -0.00431. The Balaban J connectivity index is 2.22. The minimum Gasteiger partial charge on any atom is -0.353 e. The fourth-order valence-corrected chi connectivity index (χ4v) is 3.10. The van der Waals surface area contributed by atoms with Gasteiger partial charge in [0.05, 0.1) is 4.90 Å². The largest absolute Gasteiger partial charge is 0.353 e. The quantitative estimate of drug-likeness (QED) is 0.477. The van der Waals surface area contributed by atoms with Crippen LogP contribution in [-0.2, 0) is 14.8 Å². The van der Waals surface area contributed by atoms with Crippen LogP contribution in [0.15, 0.2) is 46.3 Å². The van der Waals surface area contributed by atoms with E-state index in [-0.39, 0.29) is 10.8 Å². The smallest absolute Gasteiger partial charge is 0.240 e. The number of rotatable bonds is 10. The van der Waals surface area contributed by atoms with Crippen molar-refractivity contribution >= 4 is 31.9 Å². The molecule has 0 radical (unpaired) electrons. The molecule has 0 atom stereocenters. The van der Waals surface area contributed by atoms with Crippen molar-refractivity contribution in [2.75, 3.05) is 13.1 Å². The molecule has 22 heavy (non-hydrogen) atoms. The maximum absolute atomic E-state index is 12.0. The van der Waals surface area contributed by atoms with Gasteiger partial charge in [0, 0.05) is 24.0 Å². The second-order valence-corrected chi connectivity index (χ2v) is 7.44. The first-order chi connectivity index (χ1) is 10.5. The van der Waals surface area contributed by atoms with Gasteiger partial charge in [-0.05, 0) is 37.1 Å². The van der Waals surface area contributed by atoms with E-state index in [0.717, 1.165) is 17.3 Å². The Labute approximate surface area is 140 Å². The molecule has 0 aliphatic heterocycles. The normalized spacial score (nSPS) is 11.1. The van der Waals surface area contributed by atoms with Crippen LogP contribution in [0, 0.1) is 0 Å². The number of amides is 1. The predicted molar refractivity (Wildman–Crippen MR) is 91.0 cm³/mol. The average molecular weight is 389 g/mol. The first-order valence-corrected chi connectivity index (χ1v) is 9.36. The van der Waals surface area contributed by atoms with Crippen LogP contribution < -0.4 is 10.0 Å². The summed E-state index contributed by atoms with van der Waals surface area (Å²) in [5.41, 5.74) is 0. The van der Waals surface area contributed by atoms with Crippen LogP contribution in [0.1, 0.15) is 25.7 Å². The lowest BCUT2D eigenvalue weighted by Crippen LogP contribution is -2.25. The van der Waals surface area contributed by atoms with Crippen molar-refractivity contribution in [3.05, 3.63) is 41.4 Å². The summed E-state index contributed by atoms with van der Waals surface area (Å²) in [6.07, 6.45) is 4.32. The van der Waals surface area contributed by atoms with E-state index >= 15 is 0 Å². The molecular weight excluding hydrogens is 368 g/mol. The van der Waals surface area contributed by atoms with E-state index in [1.165, 1.54) is 0 Å². The molecule has 7 heteroatoms. The lowest BCUT2D eigenvalue weighted by atomic mass is 10.2. The van der Waals surface area contributed by atoms with E-state index in [1.807, 2.05) is 0 Å². The highest BCUT2D eigenvalue weighted by atomic mass is 79.9. The first-order valence-electron chi connectivity index (χ1n) is 7.08. The minimum atomic E-state index is -3.45. The number of hydrogen-bond acceptors (Lipinski definition) is 3. The molecule has 5 nitrogen and oxygen atoms in total. The molecule has 0 saturated heterocycles. The molecule has 0 aromatic heterocycles. The SMILES string of the molecule is C=CCNC(=O)CCCCCNS(=O)(=O)c1ccc(Br)cc1. The van der Waals surface area contributed by atoms with Crippen LogP contribution in [0.4, 0.5) is 0 Å². The third-order valence-corrected chi connectivity index (χ3v) is 4.95. The van der Waals surface area contributed by atoms with Crippen molar-refractivity contribution in [2.45, 2.75) is 30.6 Å². The molecule has 0 aliphatic carbocycles. The van der Waals surface area contributed by atoms with Gasteiger partial charge in [-0.1, -0.05) is 28.4 Å². The van der Waals surface area contributed by atoms with Gasteiger partial charge in [-0.3, -0.25) is 4.79 Å². The van der Waals surface area contributed by atoms with Crippen LogP contribution in [-0.4, -0.2) is 27.4 Å². The van der Waals surface area contributed by atoms with Crippen molar-refractivity contribution in [3.8, 4) is 0 Å². The topological polar surface area (TPSA) is 75.3 Å². The van der Waals surface area contributed by atoms with Gasteiger partial charge in [-0.15, -0.1) is 6.58 Å². The summed E-state index contributed by atoms with van der Waals surface area (Å²) in [6.45, 7) is 4.37. The van der Waals surface area contributed by atoms with Crippen LogP contribution in [0.2, 0.25) is 0 Å². The highest BCUT2D eigenvalue weighted by Gasteiger charge is 2.12. The number of benzene rings is 1. The van der Waals surface area contributed by atoms with Gasteiger partial charge in [0.15, 0.2) is 0 Å². The first kappa shape index (κ1) is 18.9. The van der Waals surface area contributed by atoms with Crippen molar-refractivity contribution < 1.29 is 13.2 Å². The maximum atomic E-state index is 12.0. The molecule has 0 heterocycles. The van der Waals surface area contributed by atoms with E-state index < -0.39 is 10.0 Å². The summed E-state index contributed by atoms with van der Waals surface area (Å²) < 4.78 is 27.4. The fourth-order valence-electron chi connectivity index (χ4n) is 1.77. The molecule has 122 valence electrons. The molecule has 0 saturated carbocycles. The summed E-state index contributed by atoms with van der Waals surface area (Å²) in [6, 6.07) is 6.49. The molecule has 0 fully saturated rings. The van der Waals surface area contributed by atoms with Gasteiger partial charge in [0.2, 0.25) is 15.9 Å². The summed E-state index contributed by atoms with van der Waals surface area (Å²) in [4.78, 5) is 11.6. The van der Waals surface area contributed by atoms with Crippen LogP contribution in [0.25, 0.3) is 0 Å². The van der Waals surface area contributed by atoms with Gasteiger partial charge in [0.25, 0.3) is 0 Å². The third kappa shape index (κ3) is 7.20. The Morgan fingerprint density at radius 1 is 1.18 bits per heavy atom. The Bertz CT molecular complexity index is 585. The molecule has 0 unspecified atom stereocenters. The molecule has 1 aromatic rings. The second kappa shape index (κ2) is 9.76. The van der Waals surface area contributed by atoms with Crippen molar-refractivity contribution in [1.82, 2.24) is 10.0 Å². The molecule has 2 N–H and O–H groups in total. The van der Waals surface area contributed by atoms with Crippen LogP contribution in [0.5, 0.6) is 0 Å².